The highest BCUT2D eigenvalue weighted by atomic mass is 16.6. The van der Waals surface area contributed by atoms with E-state index in [-0.39, 0.29) is 0 Å². The Morgan fingerprint density at radius 3 is 1.73 bits per heavy atom. The minimum atomic E-state index is -1.64. The number of ether oxygens (including phenoxy) is 1. The second-order valence-corrected chi connectivity index (χ2v) is 4.97. The standard InChI is InChI=1S/C15H12O11/c16-10(17)4-7(5-11(18)19)15(25)26-14(24)6-1-2-8(12(20)21)9(3-6)13(22)23/h1-3,7H,4-5H2,(H,16,17)(H,18,19)(H,20,21)(H,22,23). The molecule has 11 nitrogen and oxygen atoms in total. The molecule has 0 atom stereocenters. The van der Waals surface area contributed by atoms with E-state index in [1.54, 1.807) is 0 Å². The summed E-state index contributed by atoms with van der Waals surface area (Å²) in [5.41, 5.74) is -1.81. The molecule has 0 saturated carbocycles. The van der Waals surface area contributed by atoms with Gasteiger partial charge in [-0.05, 0) is 18.2 Å². The van der Waals surface area contributed by atoms with Crippen LogP contribution in [0, 0.1) is 5.92 Å². The molecule has 0 radical (unpaired) electrons. The molecule has 11 heteroatoms. The van der Waals surface area contributed by atoms with Gasteiger partial charge in [-0.2, -0.15) is 0 Å². The minimum Gasteiger partial charge on any atom is -0.481 e. The molecule has 0 fully saturated rings. The third-order valence-corrected chi connectivity index (χ3v) is 3.08. The molecule has 26 heavy (non-hydrogen) atoms. The Hall–Kier alpha value is -3.76. The van der Waals surface area contributed by atoms with Gasteiger partial charge in [0, 0.05) is 0 Å². The van der Waals surface area contributed by atoms with E-state index < -0.39 is 71.3 Å². The topological polar surface area (TPSA) is 193 Å². The first-order chi connectivity index (χ1) is 12.0. The van der Waals surface area contributed by atoms with E-state index in [1.165, 1.54) is 0 Å². The van der Waals surface area contributed by atoms with Crippen molar-refractivity contribution < 1.29 is 53.9 Å². The molecule has 1 rings (SSSR count). The van der Waals surface area contributed by atoms with E-state index in [0.717, 1.165) is 12.1 Å². The van der Waals surface area contributed by atoms with Crippen LogP contribution in [0.15, 0.2) is 18.2 Å². The molecule has 0 aliphatic heterocycles. The number of carboxylic acid groups (broad SMARTS) is 4. The highest BCUT2D eigenvalue weighted by Gasteiger charge is 2.29. The van der Waals surface area contributed by atoms with Gasteiger partial charge in [0.1, 0.15) is 0 Å². The number of rotatable bonds is 8. The SMILES string of the molecule is O=C(O)CC(CC(=O)O)C(=O)OC(=O)c1ccc(C(=O)O)c(C(=O)O)c1. The predicted molar refractivity (Wildman–Crippen MR) is 78.8 cm³/mol. The van der Waals surface area contributed by atoms with E-state index in [1.807, 2.05) is 0 Å². The zero-order valence-corrected chi connectivity index (χ0v) is 12.9. The lowest BCUT2D eigenvalue weighted by Crippen LogP contribution is -2.26. The number of benzene rings is 1. The fourth-order valence-electron chi connectivity index (χ4n) is 1.93. The number of carbonyl (C=O) groups excluding carboxylic acids is 2. The maximum atomic E-state index is 11.9. The zero-order chi connectivity index (χ0) is 20.0. The van der Waals surface area contributed by atoms with Gasteiger partial charge < -0.3 is 25.2 Å². The molecule has 138 valence electrons. The summed E-state index contributed by atoms with van der Waals surface area (Å²) in [5.74, 6) is -10.6. The molecule has 0 aromatic heterocycles. The second-order valence-electron chi connectivity index (χ2n) is 4.97. The molecule has 4 N–H and O–H groups in total. The number of hydrogen-bond acceptors (Lipinski definition) is 7. The summed E-state index contributed by atoms with van der Waals surface area (Å²) in [6.07, 6.45) is -1.78. The Balaban J connectivity index is 3.05. The van der Waals surface area contributed by atoms with E-state index in [9.17, 15) is 28.8 Å². The average molecular weight is 368 g/mol. The zero-order valence-electron chi connectivity index (χ0n) is 12.9. The molecule has 0 amide bonds. The molecule has 0 spiro atoms. The summed E-state index contributed by atoms with van der Waals surface area (Å²) in [4.78, 5) is 67.0. The third-order valence-electron chi connectivity index (χ3n) is 3.08. The van der Waals surface area contributed by atoms with E-state index >= 15 is 0 Å². The molecule has 1 aromatic rings. The van der Waals surface area contributed by atoms with Crippen LogP contribution in [-0.2, 0) is 19.1 Å². The number of carbonyl (C=O) groups is 6. The number of aromatic carboxylic acids is 2. The van der Waals surface area contributed by atoms with Gasteiger partial charge in [0.2, 0.25) is 0 Å². The molecule has 0 unspecified atom stereocenters. The van der Waals surface area contributed by atoms with Crippen molar-refractivity contribution in [3.63, 3.8) is 0 Å². The summed E-state index contributed by atoms with van der Waals surface area (Å²) in [6.45, 7) is 0. The second kappa shape index (κ2) is 8.37. The summed E-state index contributed by atoms with van der Waals surface area (Å²) in [6, 6.07) is 2.39. The van der Waals surface area contributed by atoms with E-state index in [4.69, 9.17) is 20.4 Å². The van der Waals surface area contributed by atoms with Crippen LogP contribution in [0.5, 0.6) is 0 Å². The lowest BCUT2D eigenvalue weighted by atomic mass is 10.0. The van der Waals surface area contributed by atoms with Crippen molar-refractivity contribution in [2.24, 2.45) is 5.92 Å². The number of esters is 2. The van der Waals surface area contributed by atoms with Gasteiger partial charge >= 0.3 is 35.8 Å². The van der Waals surface area contributed by atoms with Gasteiger partial charge in [0.05, 0.1) is 35.4 Å². The number of hydrogen-bond donors (Lipinski definition) is 4. The first-order valence-corrected chi connectivity index (χ1v) is 6.83. The first-order valence-electron chi connectivity index (χ1n) is 6.83. The summed E-state index contributed by atoms with van der Waals surface area (Å²) in [7, 11) is 0. The van der Waals surface area contributed by atoms with Crippen molar-refractivity contribution >= 4 is 35.8 Å². The van der Waals surface area contributed by atoms with Crippen LogP contribution in [0.1, 0.15) is 43.9 Å². The molecule has 0 aliphatic carbocycles. The average Bonchev–Trinajstić information content (AvgIpc) is 2.52. The quantitative estimate of drug-likeness (QED) is 0.365. The normalized spacial score (nSPS) is 10.2. The third kappa shape index (κ3) is 5.40. The van der Waals surface area contributed by atoms with Crippen LogP contribution >= 0.6 is 0 Å². The van der Waals surface area contributed by atoms with Crippen molar-refractivity contribution in [1.82, 2.24) is 0 Å². The molecule has 0 bridgehead atoms. The Labute approximate surface area is 144 Å². The van der Waals surface area contributed by atoms with Crippen LogP contribution in [0.3, 0.4) is 0 Å². The Morgan fingerprint density at radius 2 is 1.31 bits per heavy atom. The van der Waals surface area contributed by atoms with Crippen LogP contribution < -0.4 is 0 Å². The van der Waals surface area contributed by atoms with E-state index in [0.29, 0.717) is 6.07 Å². The summed E-state index contributed by atoms with van der Waals surface area (Å²) >= 11 is 0. The largest absolute Gasteiger partial charge is 0.481 e. The fourth-order valence-corrected chi connectivity index (χ4v) is 1.93. The number of carboxylic acids is 4. The van der Waals surface area contributed by atoms with Crippen molar-refractivity contribution in [2.75, 3.05) is 0 Å². The van der Waals surface area contributed by atoms with Gasteiger partial charge in [-0.3, -0.25) is 14.4 Å². The highest BCUT2D eigenvalue weighted by Crippen LogP contribution is 2.16. The van der Waals surface area contributed by atoms with Crippen LogP contribution in [0.25, 0.3) is 0 Å². The van der Waals surface area contributed by atoms with Crippen molar-refractivity contribution in [3.05, 3.63) is 34.9 Å². The van der Waals surface area contributed by atoms with Crippen LogP contribution in [0.4, 0.5) is 0 Å². The molecule has 0 heterocycles. The monoisotopic (exact) mass is 368 g/mol. The van der Waals surface area contributed by atoms with Gasteiger partial charge in [0.25, 0.3) is 0 Å². The van der Waals surface area contributed by atoms with Crippen LogP contribution in [-0.4, -0.2) is 56.2 Å². The van der Waals surface area contributed by atoms with Crippen LogP contribution in [0.2, 0.25) is 0 Å². The van der Waals surface area contributed by atoms with Gasteiger partial charge in [-0.1, -0.05) is 0 Å². The molecule has 0 aliphatic rings. The predicted octanol–water partition coefficient (Wildman–Crippen LogP) is 0.332. The molecular weight excluding hydrogens is 356 g/mol. The smallest absolute Gasteiger partial charge is 0.345 e. The van der Waals surface area contributed by atoms with Gasteiger partial charge in [-0.25, -0.2) is 14.4 Å². The lowest BCUT2D eigenvalue weighted by Gasteiger charge is -2.11. The van der Waals surface area contributed by atoms with Gasteiger partial charge in [-0.15, -0.1) is 0 Å². The molecule has 0 saturated heterocycles. The van der Waals surface area contributed by atoms with Crippen molar-refractivity contribution in [2.45, 2.75) is 12.8 Å². The maximum Gasteiger partial charge on any atom is 0.345 e. The Morgan fingerprint density at radius 1 is 0.808 bits per heavy atom. The summed E-state index contributed by atoms with van der Waals surface area (Å²) < 4.78 is 4.39. The van der Waals surface area contributed by atoms with Crippen molar-refractivity contribution in [3.8, 4) is 0 Å². The Bertz CT molecular complexity index is 777. The first kappa shape index (κ1) is 20.3. The van der Waals surface area contributed by atoms with Crippen molar-refractivity contribution in [1.29, 1.82) is 0 Å². The summed E-state index contributed by atoms with van der Waals surface area (Å²) in [5, 5.41) is 35.2. The molecule has 1 aromatic carbocycles. The van der Waals surface area contributed by atoms with Gasteiger partial charge in [0.15, 0.2) is 0 Å². The lowest BCUT2D eigenvalue weighted by molar-refractivity contribution is -0.152. The number of aliphatic carboxylic acids is 2. The van der Waals surface area contributed by atoms with E-state index in [2.05, 4.69) is 4.74 Å². The highest BCUT2D eigenvalue weighted by molar-refractivity contribution is 6.05. The maximum absolute atomic E-state index is 11.9. The molecular formula is C15H12O11. The fraction of sp³-hybridized carbons (Fsp3) is 0.200. The Kier molecular flexibility index (Phi) is 6.53. The minimum absolute atomic E-state index is 0.481.